The molecule has 0 saturated carbocycles. The van der Waals surface area contributed by atoms with Gasteiger partial charge in [0, 0.05) is 38.6 Å². The van der Waals surface area contributed by atoms with Crippen LogP contribution in [0.15, 0.2) is 35.3 Å². The van der Waals surface area contributed by atoms with Gasteiger partial charge in [-0.2, -0.15) is 0 Å². The lowest BCUT2D eigenvalue weighted by Crippen LogP contribution is -2.43. The lowest BCUT2D eigenvalue weighted by Gasteiger charge is -2.22. The number of halogens is 1. The molecular weight excluding hydrogens is 451 g/mol. The molecule has 1 fully saturated rings. The third-order valence-corrected chi connectivity index (χ3v) is 5.61. The predicted molar refractivity (Wildman–Crippen MR) is 114 cm³/mol. The molecule has 2 rings (SSSR count). The average Bonchev–Trinajstić information content (AvgIpc) is 3.01. The lowest BCUT2D eigenvalue weighted by molar-refractivity contribution is 0.487. The van der Waals surface area contributed by atoms with Crippen molar-refractivity contribution in [3.05, 3.63) is 35.9 Å². The highest BCUT2D eigenvalue weighted by atomic mass is 127. The highest BCUT2D eigenvalue weighted by Gasteiger charge is 2.26. The minimum absolute atomic E-state index is 0. The summed E-state index contributed by atoms with van der Waals surface area (Å²) in [6.45, 7) is 5.81. The number of hydrogen-bond donors (Lipinski definition) is 2. The van der Waals surface area contributed by atoms with E-state index in [1.165, 1.54) is 5.56 Å². The highest BCUT2D eigenvalue weighted by molar-refractivity contribution is 14.0. The summed E-state index contributed by atoms with van der Waals surface area (Å²) in [4.78, 5) is 6.49. The van der Waals surface area contributed by atoms with E-state index >= 15 is 0 Å². The number of guanidine groups is 1. The summed E-state index contributed by atoms with van der Waals surface area (Å²) >= 11 is 0. The van der Waals surface area contributed by atoms with Crippen LogP contribution in [-0.4, -0.2) is 57.8 Å². The Morgan fingerprint density at radius 1 is 1.32 bits per heavy atom. The van der Waals surface area contributed by atoms with Crippen molar-refractivity contribution in [2.24, 2.45) is 4.99 Å². The molecule has 6 nitrogen and oxygen atoms in total. The number of nitrogens with one attached hydrogen (secondary N) is 2. The van der Waals surface area contributed by atoms with Gasteiger partial charge in [-0.05, 0) is 25.8 Å². The molecule has 2 N–H and O–H groups in total. The third kappa shape index (κ3) is 7.10. The molecule has 0 aliphatic carbocycles. The van der Waals surface area contributed by atoms with E-state index in [0.29, 0.717) is 12.5 Å². The molecule has 25 heavy (non-hydrogen) atoms. The minimum Gasteiger partial charge on any atom is -0.355 e. The molecule has 0 radical (unpaired) electrons. The van der Waals surface area contributed by atoms with Crippen LogP contribution in [0.5, 0.6) is 0 Å². The summed E-state index contributed by atoms with van der Waals surface area (Å²) in [5.41, 5.74) is 1.35. The first-order valence-corrected chi connectivity index (χ1v) is 10.1. The number of hydrogen-bond acceptors (Lipinski definition) is 3. The zero-order valence-corrected chi connectivity index (χ0v) is 18.3. The molecule has 142 valence electrons. The summed E-state index contributed by atoms with van der Waals surface area (Å²) in [6, 6.07) is 10.4. The van der Waals surface area contributed by atoms with Gasteiger partial charge in [-0.3, -0.25) is 4.99 Å². The molecular formula is C17H29IN4O2S. The van der Waals surface area contributed by atoms with Crippen LogP contribution in [0.2, 0.25) is 0 Å². The molecule has 0 spiro atoms. The van der Waals surface area contributed by atoms with E-state index in [1.807, 2.05) is 19.9 Å². The second-order valence-electron chi connectivity index (χ2n) is 6.41. The molecule has 1 heterocycles. The van der Waals surface area contributed by atoms with Crippen LogP contribution >= 0.6 is 24.0 Å². The van der Waals surface area contributed by atoms with E-state index in [2.05, 4.69) is 44.2 Å². The topological polar surface area (TPSA) is 73.8 Å². The van der Waals surface area contributed by atoms with Gasteiger partial charge < -0.3 is 10.2 Å². The molecule has 1 aromatic carbocycles. The van der Waals surface area contributed by atoms with E-state index in [9.17, 15) is 8.42 Å². The van der Waals surface area contributed by atoms with Gasteiger partial charge >= 0.3 is 0 Å². The highest BCUT2D eigenvalue weighted by Crippen LogP contribution is 2.26. The molecule has 1 aliphatic heterocycles. The van der Waals surface area contributed by atoms with Crippen LogP contribution in [0.1, 0.15) is 31.7 Å². The quantitative estimate of drug-likeness (QED) is 0.371. The van der Waals surface area contributed by atoms with Crippen molar-refractivity contribution < 1.29 is 8.42 Å². The number of sulfonamides is 1. The molecule has 1 aliphatic rings. The zero-order valence-electron chi connectivity index (χ0n) is 15.1. The fourth-order valence-electron chi connectivity index (χ4n) is 3.00. The van der Waals surface area contributed by atoms with E-state index in [4.69, 9.17) is 0 Å². The summed E-state index contributed by atoms with van der Waals surface area (Å²) in [7, 11) is -1.51. The van der Waals surface area contributed by atoms with Crippen molar-refractivity contribution >= 4 is 40.0 Å². The van der Waals surface area contributed by atoms with E-state index in [-0.39, 0.29) is 35.8 Å². The number of likely N-dealkylation sites (tertiary alicyclic amines) is 1. The van der Waals surface area contributed by atoms with Gasteiger partial charge in [0.15, 0.2) is 5.96 Å². The summed E-state index contributed by atoms with van der Waals surface area (Å²) in [5, 5.41) is 3.17. The van der Waals surface area contributed by atoms with Crippen LogP contribution in [0.4, 0.5) is 0 Å². The largest absolute Gasteiger partial charge is 0.355 e. The Kier molecular flexibility index (Phi) is 9.15. The first kappa shape index (κ1) is 22.2. The fraction of sp³-hybridized carbons (Fsp3) is 0.588. The molecule has 0 aromatic heterocycles. The first-order chi connectivity index (χ1) is 11.4. The van der Waals surface area contributed by atoms with Gasteiger partial charge in [-0.1, -0.05) is 30.3 Å². The van der Waals surface area contributed by atoms with Gasteiger partial charge in [-0.25, -0.2) is 13.1 Å². The lowest BCUT2D eigenvalue weighted by atomic mass is 9.99. The molecule has 0 amide bonds. The fourth-order valence-corrected chi connectivity index (χ4v) is 4.20. The van der Waals surface area contributed by atoms with Crippen molar-refractivity contribution in [2.75, 3.05) is 32.4 Å². The van der Waals surface area contributed by atoms with Crippen molar-refractivity contribution in [3.63, 3.8) is 0 Å². The van der Waals surface area contributed by atoms with Crippen LogP contribution in [0.25, 0.3) is 0 Å². The maximum Gasteiger partial charge on any atom is 0.213 e. The van der Waals surface area contributed by atoms with Crippen LogP contribution in [0, 0.1) is 0 Å². The maximum atomic E-state index is 11.9. The number of aliphatic imine (C=N–C) groups is 1. The van der Waals surface area contributed by atoms with Crippen LogP contribution in [0.3, 0.4) is 0 Å². The van der Waals surface area contributed by atoms with Crippen LogP contribution < -0.4 is 10.0 Å². The number of rotatable bonds is 6. The molecule has 1 saturated heterocycles. The van der Waals surface area contributed by atoms with Crippen molar-refractivity contribution in [3.8, 4) is 0 Å². The second-order valence-corrected chi connectivity index (χ2v) is 8.28. The summed E-state index contributed by atoms with van der Waals surface area (Å²) in [6.07, 6.45) is 1.08. The van der Waals surface area contributed by atoms with Crippen LogP contribution in [-0.2, 0) is 10.0 Å². The van der Waals surface area contributed by atoms with E-state index in [0.717, 1.165) is 25.5 Å². The maximum absolute atomic E-state index is 11.9. The van der Waals surface area contributed by atoms with Gasteiger partial charge in [0.1, 0.15) is 0 Å². The minimum atomic E-state index is -3.25. The van der Waals surface area contributed by atoms with Gasteiger partial charge in [-0.15, -0.1) is 24.0 Å². The molecule has 0 bridgehead atoms. The van der Waals surface area contributed by atoms with Crippen molar-refractivity contribution in [1.82, 2.24) is 14.9 Å². The first-order valence-electron chi connectivity index (χ1n) is 8.42. The molecule has 8 heteroatoms. The Hall–Kier alpha value is -0.870. The monoisotopic (exact) mass is 480 g/mol. The SMILES string of the molecule is CN=C(NCCS(=O)(=O)NC(C)C)N1CCC(c2ccccc2)C1.I. The standard InChI is InChI=1S/C17H28N4O2S.HI/c1-14(2)20-24(22,23)12-10-19-17(18-3)21-11-9-16(13-21)15-7-5-4-6-8-15;/h4-8,14,16,20H,9-13H2,1-3H3,(H,18,19);1H. The van der Waals surface area contributed by atoms with E-state index < -0.39 is 10.0 Å². The summed E-state index contributed by atoms with van der Waals surface area (Å²) in [5.74, 6) is 1.31. The Morgan fingerprint density at radius 3 is 2.60 bits per heavy atom. The number of nitrogens with zero attached hydrogens (tertiary/aromatic N) is 2. The van der Waals surface area contributed by atoms with Crippen molar-refractivity contribution in [1.29, 1.82) is 0 Å². The molecule has 1 aromatic rings. The third-order valence-electron chi connectivity index (χ3n) is 4.04. The Balaban J connectivity index is 0.00000312. The predicted octanol–water partition coefficient (Wildman–Crippen LogP) is 2.00. The second kappa shape index (κ2) is 10.3. The number of benzene rings is 1. The van der Waals surface area contributed by atoms with E-state index in [1.54, 1.807) is 7.05 Å². The summed E-state index contributed by atoms with van der Waals surface area (Å²) < 4.78 is 26.3. The van der Waals surface area contributed by atoms with Gasteiger partial charge in [0.25, 0.3) is 0 Å². The molecule has 1 unspecified atom stereocenters. The molecule has 1 atom stereocenters. The Bertz CT molecular complexity index is 650. The Labute approximate surface area is 168 Å². The Morgan fingerprint density at radius 2 is 2.00 bits per heavy atom. The normalized spacial score (nSPS) is 18.3. The average molecular weight is 480 g/mol. The smallest absolute Gasteiger partial charge is 0.213 e. The van der Waals surface area contributed by atoms with Gasteiger partial charge in [0.2, 0.25) is 10.0 Å². The zero-order chi connectivity index (χ0) is 17.6. The van der Waals surface area contributed by atoms with Crippen molar-refractivity contribution in [2.45, 2.75) is 32.2 Å². The van der Waals surface area contributed by atoms with Gasteiger partial charge in [0.05, 0.1) is 5.75 Å².